The van der Waals surface area contributed by atoms with E-state index in [1.54, 1.807) is 17.9 Å². The molecule has 1 saturated heterocycles. The van der Waals surface area contributed by atoms with Crippen LogP contribution in [0.15, 0.2) is 29.3 Å². The molecule has 5 rings (SSSR count). The summed E-state index contributed by atoms with van der Waals surface area (Å²) in [6.07, 6.45) is 1.15. The second kappa shape index (κ2) is 7.59. The number of rotatable bonds is 0. The SMILES string of the molecule is CC1C(F)=CN=C2OCC(F)(F)CNC(=O)c3c(N)nn4ccc(nc34)N3C[C@@H](F)C[C@@H]3C21. The molecule has 2 bridgehead atoms. The number of ether oxygens (including phenoxy) is 1. The smallest absolute Gasteiger partial charge is 0.298 e. The Labute approximate surface area is 185 Å². The lowest BCUT2D eigenvalue weighted by Crippen LogP contribution is -2.47. The van der Waals surface area contributed by atoms with Crippen molar-refractivity contribution in [3.05, 3.63) is 29.9 Å². The molecule has 2 unspecified atom stereocenters. The van der Waals surface area contributed by atoms with E-state index in [9.17, 15) is 22.4 Å². The van der Waals surface area contributed by atoms with Gasteiger partial charge in [-0.25, -0.2) is 32.1 Å². The molecule has 13 heteroatoms. The number of fused-ring (bicyclic) bond motifs is 5. The van der Waals surface area contributed by atoms with Crippen LogP contribution in [0, 0.1) is 11.8 Å². The summed E-state index contributed by atoms with van der Waals surface area (Å²) in [6.45, 7) is -0.621. The Morgan fingerprint density at radius 2 is 2.15 bits per heavy atom. The minimum atomic E-state index is -3.47. The molecule has 4 atom stereocenters. The fourth-order valence-electron chi connectivity index (χ4n) is 4.61. The van der Waals surface area contributed by atoms with Gasteiger partial charge in [0.05, 0.1) is 25.2 Å². The zero-order chi connectivity index (χ0) is 23.5. The zero-order valence-corrected chi connectivity index (χ0v) is 17.5. The second-order valence-corrected chi connectivity index (χ2v) is 8.49. The molecule has 1 fully saturated rings. The number of aliphatic imine (C=N–C) groups is 1. The summed E-state index contributed by atoms with van der Waals surface area (Å²) in [6, 6.07) is 0.904. The van der Waals surface area contributed by atoms with Gasteiger partial charge in [-0.3, -0.25) is 4.79 Å². The van der Waals surface area contributed by atoms with Gasteiger partial charge in [0.2, 0.25) is 0 Å². The van der Waals surface area contributed by atoms with Crippen molar-refractivity contribution in [3.63, 3.8) is 0 Å². The first-order chi connectivity index (χ1) is 15.6. The normalized spacial score (nSPS) is 29.5. The van der Waals surface area contributed by atoms with Gasteiger partial charge < -0.3 is 20.7 Å². The molecule has 0 saturated carbocycles. The third-order valence-corrected chi connectivity index (χ3v) is 6.24. The van der Waals surface area contributed by atoms with Crippen molar-refractivity contribution >= 4 is 29.1 Å². The fourth-order valence-corrected chi connectivity index (χ4v) is 4.61. The average Bonchev–Trinajstić information content (AvgIpc) is 3.30. The summed E-state index contributed by atoms with van der Waals surface area (Å²) in [5.74, 6) is -6.48. The molecule has 2 aromatic rings. The minimum absolute atomic E-state index is 0.00264. The molecule has 0 spiro atoms. The van der Waals surface area contributed by atoms with Crippen molar-refractivity contribution in [2.24, 2.45) is 16.8 Å². The Hall–Kier alpha value is -3.38. The average molecular weight is 467 g/mol. The molecule has 33 heavy (non-hydrogen) atoms. The van der Waals surface area contributed by atoms with E-state index in [4.69, 9.17) is 10.5 Å². The van der Waals surface area contributed by atoms with Gasteiger partial charge in [-0.05, 0) is 6.07 Å². The number of carbonyl (C=O) groups is 1. The number of amides is 1. The highest BCUT2D eigenvalue weighted by molar-refractivity contribution is 6.04. The van der Waals surface area contributed by atoms with Crippen LogP contribution in [0.3, 0.4) is 0 Å². The molecule has 0 aromatic carbocycles. The highest BCUT2D eigenvalue weighted by Crippen LogP contribution is 2.39. The predicted molar refractivity (Wildman–Crippen MR) is 111 cm³/mol. The summed E-state index contributed by atoms with van der Waals surface area (Å²) in [5, 5.41) is 6.15. The molecular weight excluding hydrogens is 446 g/mol. The summed E-state index contributed by atoms with van der Waals surface area (Å²) in [4.78, 5) is 22.7. The van der Waals surface area contributed by atoms with Gasteiger partial charge >= 0.3 is 0 Å². The van der Waals surface area contributed by atoms with E-state index in [1.807, 2.05) is 0 Å². The molecule has 3 aliphatic heterocycles. The molecule has 1 amide bonds. The van der Waals surface area contributed by atoms with E-state index in [0.717, 1.165) is 6.20 Å². The number of alkyl halides is 3. The van der Waals surface area contributed by atoms with Crippen LogP contribution in [0.1, 0.15) is 23.7 Å². The maximum Gasteiger partial charge on any atom is 0.298 e. The second-order valence-electron chi connectivity index (χ2n) is 8.49. The molecule has 3 N–H and O–H groups in total. The third-order valence-electron chi connectivity index (χ3n) is 6.24. The Morgan fingerprint density at radius 1 is 1.36 bits per heavy atom. The summed E-state index contributed by atoms with van der Waals surface area (Å²) in [5.41, 5.74) is 5.73. The number of hydrogen-bond donors (Lipinski definition) is 2. The van der Waals surface area contributed by atoms with Crippen molar-refractivity contribution < 1.29 is 27.1 Å². The Morgan fingerprint density at radius 3 is 2.94 bits per heavy atom. The topological polar surface area (TPSA) is 110 Å². The number of nitrogens with one attached hydrogen (secondary N) is 1. The van der Waals surface area contributed by atoms with Crippen LogP contribution in [-0.2, 0) is 4.74 Å². The molecule has 5 heterocycles. The summed E-state index contributed by atoms with van der Waals surface area (Å²) >= 11 is 0. The standard InChI is InChI=1S/C20H21F4N7O2/c1-9-11(22)5-26-19-14(9)12-4-10(21)6-30(12)13-2-3-31-17(28-13)15(16(25)29-31)18(32)27-7-20(23,24)8-33-19/h2-3,5,9-10,12,14H,4,6-8H2,1H3,(H2,25,29)(H,27,32)/t9?,10-,12+,14?/m0/s1. The Kier molecular flexibility index (Phi) is 4.94. The quantitative estimate of drug-likeness (QED) is 0.575. The van der Waals surface area contributed by atoms with E-state index < -0.39 is 54.9 Å². The molecule has 3 aliphatic rings. The van der Waals surface area contributed by atoms with Crippen LogP contribution >= 0.6 is 0 Å². The molecular formula is C20H21F4N7O2. The highest BCUT2D eigenvalue weighted by Gasteiger charge is 2.46. The van der Waals surface area contributed by atoms with Crippen LogP contribution < -0.4 is 16.0 Å². The molecule has 2 aromatic heterocycles. The van der Waals surface area contributed by atoms with E-state index in [1.165, 1.54) is 10.7 Å². The first-order valence-corrected chi connectivity index (χ1v) is 10.4. The van der Waals surface area contributed by atoms with Crippen molar-refractivity contribution in [2.45, 2.75) is 31.5 Å². The van der Waals surface area contributed by atoms with Crippen LogP contribution in [0.2, 0.25) is 0 Å². The van der Waals surface area contributed by atoms with E-state index in [2.05, 4.69) is 20.4 Å². The largest absolute Gasteiger partial charge is 0.474 e. The van der Waals surface area contributed by atoms with Gasteiger partial charge in [-0.15, -0.1) is 5.10 Å². The van der Waals surface area contributed by atoms with Crippen molar-refractivity contribution in [3.8, 4) is 0 Å². The first kappa shape index (κ1) is 21.5. The number of allylic oxidation sites excluding steroid dienone is 1. The fraction of sp³-hybridized carbons (Fsp3) is 0.500. The lowest BCUT2D eigenvalue weighted by atomic mass is 9.83. The summed E-state index contributed by atoms with van der Waals surface area (Å²) in [7, 11) is 0. The van der Waals surface area contributed by atoms with Gasteiger partial charge in [0.25, 0.3) is 11.8 Å². The number of halogens is 4. The van der Waals surface area contributed by atoms with Crippen molar-refractivity contribution in [1.82, 2.24) is 19.9 Å². The number of anilines is 2. The van der Waals surface area contributed by atoms with Crippen LogP contribution in [-0.4, -0.2) is 64.2 Å². The maximum absolute atomic E-state index is 14.6. The lowest BCUT2D eigenvalue weighted by Gasteiger charge is -2.37. The van der Waals surface area contributed by atoms with Crippen LogP contribution in [0.25, 0.3) is 5.65 Å². The first-order valence-electron chi connectivity index (χ1n) is 10.4. The summed E-state index contributed by atoms with van der Waals surface area (Å²) < 4.78 is 64.8. The monoisotopic (exact) mass is 467 g/mol. The van der Waals surface area contributed by atoms with E-state index in [0.29, 0.717) is 5.82 Å². The maximum atomic E-state index is 14.6. The highest BCUT2D eigenvalue weighted by atomic mass is 19.3. The van der Waals surface area contributed by atoms with Crippen molar-refractivity contribution in [2.75, 3.05) is 30.3 Å². The molecule has 0 radical (unpaired) electrons. The number of carbonyl (C=O) groups excluding carboxylic acids is 1. The van der Waals surface area contributed by atoms with Gasteiger partial charge in [-0.2, -0.15) is 0 Å². The van der Waals surface area contributed by atoms with Crippen LogP contribution in [0.5, 0.6) is 0 Å². The van der Waals surface area contributed by atoms with Gasteiger partial charge in [0, 0.05) is 24.6 Å². The van der Waals surface area contributed by atoms with Crippen molar-refractivity contribution in [1.29, 1.82) is 0 Å². The predicted octanol–water partition coefficient (Wildman–Crippen LogP) is 2.10. The Bertz CT molecular complexity index is 1180. The molecule has 9 nitrogen and oxygen atoms in total. The van der Waals surface area contributed by atoms with E-state index in [-0.39, 0.29) is 35.9 Å². The third kappa shape index (κ3) is 3.64. The molecule has 0 aliphatic carbocycles. The Balaban J connectivity index is 1.67. The van der Waals surface area contributed by atoms with Gasteiger partial charge in [0.15, 0.2) is 24.0 Å². The minimum Gasteiger partial charge on any atom is -0.474 e. The molecule has 176 valence electrons. The van der Waals surface area contributed by atoms with Gasteiger partial charge in [-0.1, -0.05) is 6.92 Å². The number of hydrogen-bond acceptors (Lipinski definition) is 7. The van der Waals surface area contributed by atoms with Crippen LogP contribution in [0.4, 0.5) is 29.2 Å². The van der Waals surface area contributed by atoms with E-state index >= 15 is 0 Å². The number of nitrogen functional groups attached to an aromatic ring is 1. The number of aromatic nitrogens is 3. The number of nitrogens with two attached hydrogens (primary N) is 1. The lowest BCUT2D eigenvalue weighted by molar-refractivity contribution is -0.0441. The number of nitrogens with zero attached hydrogens (tertiary/aromatic N) is 5. The van der Waals surface area contributed by atoms with Gasteiger partial charge in [0.1, 0.15) is 23.4 Å². The zero-order valence-electron chi connectivity index (χ0n) is 17.5.